The highest BCUT2D eigenvalue weighted by molar-refractivity contribution is 7.71. The van der Waals surface area contributed by atoms with Crippen molar-refractivity contribution in [1.29, 1.82) is 0 Å². The maximum Gasteiger partial charge on any atom is 0.214 e. The highest BCUT2D eigenvalue weighted by Crippen LogP contribution is 2.12. The molecule has 0 aliphatic carbocycles. The van der Waals surface area contributed by atoms with Crippen molar-refractivity contribution in [2.75, 3.05) is 5.84 Å². The first-order chi connectivity index (χ1) is 6.68. The van der Waals surface area contributed by atoms with Crippen LogP contribution in [-0.4, -0.2) is 19.9 Å². The second-order valence-corrected chi connectivity index (χ2v) is 3.33. The largest absolute Gasteiger partial charge is 0.335 e. The van der Waals surface area contributed by atoms with E-state index in [9.17, 15) is 0 Å². The third kappa shape index (κ3) is 1.39. The summed E-state index contributed by atoms with van der Waals surface area (Å²) in [6.07, 6.45) is 1.71. The normalized spacial score (nSPS) is 10.4. The SMILES string of the molecule is Cc1ccnc(-c2n[nH]c(=S)n2N)c1. The van der Waals surface area contributed by atoms with Crippen LogP contribution in [0.1, 0.15) is 5.56 Å². The van der Waals surface area contributed by atoms with Crippen molar-refractivity contribution >= 4 is 12.2 Å². The minimum Gasteiger partial charge on any atom is -0.335 e. The molecule has 2 aromatic rings. The van der Waals surface area contributed by atoms with Crippen LogP contribution < -0.4 is 5.84 Å². The van der Waals surface area contributed by atoms with Gasteiger partial charge in [0.15, 0.2) is 5.82 Å². The summed E-state index contributed by atoms with van der Waals surface area (Å²) in [5.74, 6) is 6.20. The van der Waals surface area contributed by atoms with Crippen LogP contribution in [0.2, 0.25) is 0 Å². The summed E-state index contributed by atoms with van der Waals surface area (Å²) in [7, 11) is 0. The molecule has 0 radical (unpaired) electrons. The van der Waals surface area contributed by atoms with Crippen LogP contribution in [0.5, 0.6) is 0 Å². The number of hydrogen-bond donors (Lipinski definition) is 2. The third-order valence-electron chi connectivity index (χ3n) is 1.85. The van der Waals surface area contributed by atoms with E-state index in [1.54, 1.807) is 6.20 Å². The molecule has 0 aromatic carbocycles. The van der Waals surface area contributed by atoms with Crippen LogP contribution in [0.4, 0.5) is 0 Å². The fourth-order valence-corrected chi connectivity index (χ4v) is 1.28. The molecule has 72 valence electrons. The summed E-state index contributed by atoms with van der Waals surface area (Å²) >= 11 is 4.90. The molecule has 3 N–H and O–H groups in total. The molecule has 0 bridgehead atoms. The summed E-state index contributed by atoms with van der Waals surface area (Å²) in [4.78, 5) is 4.15. The Morgan fingerprint density at radius 3 is 2.93 bits per heavy atom. The number of aromatic amines is 1. The fourth-order valence-electron chi connectivity index (χ4n) is 1.14. The van der Waals surface area contributed by atoms with E-state index in [4.69, 9.17) is 18.1 Å². The van der Waals surface area contributed by atoms with Crippen molar-refractivity contribution in [3.05, 3.63) is 28.7 Å². The number of nitrogens with zero attached hydrogens (tertiary/aromatic N) is 3. The van der Waals surface area contributed by atoms with Crippen LogP contribution in [0.15, 0.2) is 18.3 Å². The molecule has 0 fully saturated rings. The average Bonchev–Trinajstić information content (AvgIpc) is 2.48. The van der Waals surface area contributed by atoms with Gasteiger partial charge in [-0.1, -0.05) is 0 Å². The van der Waals surface area contributed by atoms with E-state index >= 15 is 0 Å². The summed E-state index contributed by atoms with van der Waals surface area (Å²) in [6.45, 7) is 1.98. The minimum atomic E-state index is 0.378. The van der Waals surface area contributed by atoms with Gasteiger partial charge in [-0.3, -0.25) is 4.98 Å². The van der Waals surface area contributed by atoms with Crippen molar-refractivity contribution in [3.63, 3.8) is 0 Å². The molecule has 2 heterocycles. The fraction of sp³-hybridized carbons (Fsp3) is 0.125. The molecule has 6 heteroatoms. The van der Waals surface area contributed by atoms with E-state index in [0.717, 1.165) is 5.56 Å². The van der Waals surface area contributed by atoms with Gasteiger partial charge >= 0.3 is 0 Å². The molecule has 2 aromatic heterocycles. The molecule has 0 atom stereocenters. The number of nitrogens with one attached hydrogen (secondary N) is 1. The topological polar surface area (TPSA) is 72.5 Å². The Balaban J connectivity index is 2.60. The van der Waals surface area contributed by atoms with Crippen molar-refractivity contribution in [3.8, 4) is 11.5 Å². The van der Waals surface area contributed by atoms with Gasteiger partial charge in [0.25, 0.3) is 0 Å². The Morgan fingerprint density at radius 1 is 1.57 bits per heavy atom. The molecule has 0 amide bonds. The second kappa shape index (κ2) is 3.22. The summed E-state index contributed by atoms with van der Waals surface area (Å²) in [5, 5.41) is 6.59. The Hall–Kier alpha value is -1.69. The van der Waals surface area contributed by atoms with Gasteiger partial charge in [-0.05, 0) is 36.8 Å². The van der Waals surface area contributed by atoms with E-state index < -0.39 is 0 Å². The zero-order valence-electron chi connectivity index (χ0n) is 7.56. The summed E-state index contributed by atoms with van der Waals surface area (Å²) < 4.78 is 1.68. The number of aromatic nitrogens is 4. The number of H-pyrrole nitrogens is 1. The first kappa shape index (κ1) is 8.89. The van der Waals surface area contributed by atoms with Gasteiger partial charge in [0.05, 0.1) is 0 Å². The maximum absolute atomic E-state index is 5.66. The van der Waals surface area contributed by atoms with Crippen LogP contribution in [-0.2, 0) is 0 Å². The molecule has 0 aliphatic rings. The van der Waals surface area contributed by atoms with Crippen molar-refractivity contribution in [1.82, 2.24) is 19.9 Å². The van der Waals surface area contributed by atoms with Gasteiger partial charge in [0, 0.05) is 6.20 Å². The molecule has 0 saturated heterocycles. The number of nitrogen functional groups attached to an aromatic ring is 1. The predicted molar refractivity (Wildman–Crippen MR) is 55.5 cm³/mol. The molecule has 0 saturated carbocycles. The van der Waals surface area contributed by atoms with Gasteiger partial charge in [-0.2, -0.15) is 5.10 Å². The van der Waals surface area contributed by atoms with Crippen LogP contribution in [0.3, 0.4) is 0 Å². The van der Waals surface area contributed by atoms with Crippen molar-refractivity contribution in [2.24, 2.45) is 0 Å². The molecular weight excluding hydrogens is 198 g/mol. The lowest BCUT2D eigenvalue weighted by Gasteiger charge is -1.99. The van der Waals surface area contributed by atoms with Gasteiger partial charge < -0.3 is 5.84 Å². The lowest BCUT2D eigenvalue weighted by atomic mass is 10.2. The number of pyridine rings is 1. The van der Waals surface area contributed by atoms with Crippen molar-refractivity contribution in [2.45, 2.75) is 6.92 Å². The van der Waals surface area contributed by atoms with Crippen LogP contribution in [0, 0.1) is 11.7 Å². The van der Waals surface area contributed by atoms with E-state index in [1.165, 1.54) is 4.68 Å². The molecule has 14 heavy (non-hydrogen) atoms. The van der Waals surface area contributed by atoms with E-state index in [2.05, 4.69) is 15.2 Å². The highest BCUT2D eigenvalue weighted by Gasteiger charge is 2.06. The molecule has 2 rings (SSSR count). The van der Waals surface area contributed by atoms with Gasteiger partial charge in [0.1, 0.15) is 5.69 Å². The Labute approximate surface area is 85.6 Å². The standard InChI is InChI=1S/C8H9N5S/c1-5-2-3-10-6(4-5)7-11-12-8(14)13(7)9/h2-4H,9H2,1H3,(H,12,14). The molecule has 0 unspecified atom stereocenters. The number of hydrogen-bond acceptors (Lipinski definition) is 4. The molecule has 0 aliphatic heterocycles. The second-order valence-electron chi connectivity index (χ2n) is 2.94. The zero-order valence-corrected chi connectivity index (χ0v) is 8.38. The number of aryl methyl sites for hydroxylation is 1. The van der Waals surface area contributed by atoms with Gasteiger partial charge in [-0.15, -0.1) is 0 Å². The zero-order chi connectivity index (χ0) is 10.1. The monoisotopic (exact) mass is 207 g/mol. The van der Waals surface area contributed by atoms with Gasteiger partial charge in [-0.25, -0.2) is 9.77 Å². The van der Waals surface area contributed by atoms with E-state index in [1.807, 2.05) is 19.1 Å². The van der Waals surface area contributed by atoms with Crippen molar-refractivity contribution < 1.29 is 0 Å². The smallest absolute Gasteiger partial charge is 0.214 e. The maximum atomic E-state index is 5.66. The first-order valence-corrected chi connectivity index (χ1v) is 4.45. The Kier molecular flexibility index (Phi) is 2.05. The quantitative estimate of drug-likeness (QED) is 0.541. The van der Waals surface area contributed by atoms with Crippen LogP contribution in [0.25, 0.3) is 11.5 Å². The molecule has 0 spiro atoms. The lowest BCUT2D eigenvalue weighted by Crippen LogP contribution is -2.10. The third-order valence-corrected chi connectivity index (χ3v) is 2.14. The lowest BCUT2D eigenvalue weighted by molar-refractivity contribution is 0.977. The summed E-state index contributed by atoms with van der Waals surface area (Å²) in [5.41, 5.74) is 1.81. The molecular formula is C8H9N5S. The van der Waals surface area contributed by atoms with Gasteiger partial charge in [0.2, 0.25) is 4.77 Å². The predicted octanol–water partition coefficient (Wildman–Crippen LogP) is 1.02. The number of nitrogens with two attached hydrogens (primary N) is 1. The van der Waals surface area contributed by atoms with Crippen LogP contribution >= 0.6 is 12.2 Å². The Morgan fingerprint density at radius 2 is 2.36 bits per heavy atom. The summed E-state index contributed by atoms with van der Waals surface area (Å²) in [6, 6.07) is 3.81. The molecule has 5 nitrogen and oxygen atoms in total. The average molecular weight is 207 g/mol. The Bertz CT molecular complexity index is 512. The van der Waals surface area contributed by atoms with E-state index in [-0.39, 0.29) is 0 Å². The highest BCUT2D eigenvalue weighted by atomic mass is 32.1. The first-order valence-electron chi connectivity index (χ1n) is 4.04. The number of rotatable bonds is 1. The van der Waals surface area contributed by atoms with E-state index in [0.29, 0.717) is 16.3 Å². The minimum absolute atomic E-state index is 0.378.